The van der Waals surface area contributed by atoms with Crippen LogP contribution in [0.25, 0.3) is 5.69 Å². The van der Waals surface area contributed by atoms with Gasteiger partial charge in [0.25, 0.3) is 0 Å². The van der Waals surface area contributed by atoms with Gasteiger partial charge in [0.2, 0.25) is 0 Å². The third-order valence-corrected chi connectivity index (χ3v) is 3.58. The number of para-hydroxylation sites is 1. The lowest BCUT2D eigenvalue weighted by Gasteiger charge is -2.07. The number of aromatic nitrogens is 3. The summed E-state index contributed by atoms with van der Waals surface area (Å²) in [7, 11) is 0. The number of rotatable bonds is 5. The summed E-state index contributed by atoms with van der Waals surface area (Å²) in [5.41, 5.74) is 1.00. The molecule has 0 saturated carbocycles. The van der Waals surface area contributed by atoms with E-state index in [1.54, 1.807) is 6.33 Å². The molecule has 0 fully saturated rings. The fraction of sp³-hybridized carbons (Fsp3) is 0.273. The third-order valence-electron chi connectivity index (χ3n) is 2.13. The van der Waals surface area contributed by atoms with Crippen molar-refractivity contribution in [1.29, 1.82) is 0 Å². The fourth-order valence-corrected chi connectivity index (χ4v) is 2.40. The summed E-state index contributed by atoms with van der Waals surface area (Å²) in [4.78, 5) is 0. The Hall–Kier alpha value is -1.04. The van der Waals surface area contributed by atoms with Gasteiger partial charge in [0.1, 0.15) is 6.33 Å². The second-order valence-corrected chi connectivity index (χ2v) is 4.73. The number of nitrogens with zero attached hydrogens (tertiary/aromatic N) is 3. The molecule has 17 heavy (non-hydrogen) atoms. The van der Waals surface area contributed by atoms with E-state index in [0.29, 0.717) is 5.75 Å². The Morgan fingerprint density at radius 1 is 1.35 bits per heavy atom. The summed E-state index contributed by atoms with van der Waals surface area (Å²) in [6, 6.07) is 9.82. The SMILES string of the molecule is OC(CCl)CSc1nncn1-c1ccccc1. The molecule has 0 saturated heterocycles. The summed E-state index contributed by atoms with van der Waals surface area (Å²) in [6.07, 6.45) is 1.13. The van der Waals surface area contributed by atoms with Crippen molar-refractivity contribution in [2.45, 2.75) is 11.3 Å². The Morgan fingerprint density at radius 3 is 2.82 bits per heavy atom. The minimum atomic E-state index is -0.525. The lowest BCUT2D eigenvalue weighted by Crippen LogP contribution is -2.11. The maximum absolute atomic E-state index is 9.41. The van der Waals surface area contributed by atoms with E-state index in [-0.39, 0.29) is 5.88 Å². The van der Waals surface area contributed by atoms with E-state index in [2.05, 4.69) is 10.2 Å². The highest BCUT2D eigenvalue weighted by molar-refractivity contribution is 7.99. The van der Waals surface area contributed by atoms with Crippen molar-refractivity contribution in [1.82, 2.24) is 14.8 Å². The molecular weight excluding hydrogens is 258 g/mol. The van der Waals surface area contributed by atoms with Crippen molar-refractivity contribution in [2.75, 3.05) is 11.6 Å². The van der Waals surface area contributed by atoms with Gasteiger partial charge in [-0.2, -0.15) is 0 Å². The van der Waals surface area contributed by atoms with Gasteiger partial charge in [-0.15, -0.1) is 21.8 Å². The van der Waals surface area contributed by atoms with Crippen LogP contribution in [-0.4, -0.2) is 37.6 Å². The molecule has 2 rings (SSSR count). The molecule has 0 aliphatic heterocycles. The van der Waals surface area contributed by atoms with E-state index >= 15 is 0 Å². The van der Waals surface area contributed by atoms with Crippen LogP contribution in [0, 0.1) is 0 Å². The van der Waals surface area contributed by atoms with Gasteiger partial charge in [-0.25, -0.2) is 0 Å². The topological polar surface area (TPSA) is 50.9 Å². The van der Waals surface area contributed by atoms with Gasteiger partial charge >= 0.3 is 0 Å². The highest BCUT2D eigenvalue weighted by atomic mass is 35.5. The molecule has 1 atom stereocenters. The molecule has 1 unspecified atom stereocenters. The van der Waals surface area contributed by atoms with E-state index in [9.17, 15) is 5.11 Å². The van der Waals surface area contributed by atoms with Crippen LogP contribution < -0.4 is 0 Å². The number of alkyl halides is 1. The number of aliphatic hydroxyl groups is 1. The zero-order valence-corrected chi connectivity index (χ0v) is 10.6. The Bertz CT molecular complexity index is 463. The van der Waals surface area contributed by atoms with Gasteiger partial charge in [0, 0.05) is 17.3 Å². The molecule has 0 bridgehead atoms. The maximum atomic E-state index is 9.41. The molecule has 2 aromatic rings. The molecule has 1 aromatic carbocycles. The summed E-state index contributed by atoms with van der Waals surface area (Å²) >= 11 is 6.98. The van der Waals surface area contributed by atoms with Crippen LogP contribution in [0.3, 0.4) is 0 Å². The minimum Gasteiger partial charge on any atom is -0.391 e. The molecule has 0 amide bonds. The van der Waals surface area contributed by atoms with Gasteiger partial charge in [0.05, 0.1) is 6.10 Å². The number of hydrogen-bond acceptors (Lipinski definition) is 4. The van der Waals surface area contributed by atoms with E-state index in [0.717, 1.165) is 10.8 Å². The highest BCUT2D eigenvalue weighted by Gasteiger charge is 2.09. The number of halogens is 1. The largest absolute Gasteiger partial charge is 0.391 e. The zero-order valence-electron chi connectivity index (χ0n) is 9.03. The van der Waals surface area contributed by atoms with Crippen LogP contribution in [0.2, 0.25) is 0 Å². The van der Waals surface area contributed by atoms with E-state index in [4.69, 9.17) is 11.6 Å². The monoisotopic (exact) mass is 269 g/mol. The Labute approximate surface area is 109 Å². The number of benzene rings is 1. The first-order valence-electron chi connectivity index (χ1n) is 5.13. The second kappa shape index (κ2) is 6.05. The second-order valence-electron chi connectivity index (χ2n) is 3.44. The molecule has 0 aliphatic carbocycles. The average Bonchev–Trinajstić information content (AvgIpc) is 2.85. The van der Waals surface area contributed by atoms with Crippen LogP contribution in [0.15, 0.2) is 41.8 Å². The predicted octanol–water partition coefficient (Wildman–Crippen LogP) is 1.96. The van der Waals surface area contributed by atoms with Gasteiger partial charge in [-0.3, -0.25) is 4.57 Å². The molecule has 1 N–H and O–H groups in total. The predicted molar refractivity (Wildman–Crippen MR) is 68.8 cm³/mol. The lowest BCUT2D eigenvalue weighted by molar-refractivity contribution is 0.223. The van der Waals surface area contributed by atoms with Gasteiger partial charge in [-0.1, -0.05) is 30.0 Å². The first-order valence-corrected chi connectivity index (χ1v) is 6.65. The van der Waals surface area contributed by atoms with E-state index < -0.39 is 6.10 Å². The summed E-state index contributed by atoms with van der Waals surface area (Å²) in [5, 5.41) is 18.1. The molecule has 1 aromatic heterocycles. The molecule has 0 spiro atoms. The van der Waals surface area contributed by atoms with Crippen LogP contribution in [0.5, 0.6) is 0 Å². The average molecular weight is 270 g/mol. The van der Waals surface area contributed by atoms with Gasteiger partial charge in [0.15, 0.2) is 5.16 Å². The quantitative estimate of drug-likeness (QED) is 0.666. The molecular formula is C11H12ClN3OS. The highest BCUT2D eigenvalue weighted by Crippen LogP contribution is 2.20. The Balaban J connectivity index is 2.12. The van der Waals surface area contributed by atoms with Crippen molar-refractivity contribution in [3.63, 3.8) is 0 Å². The summed E-state index contributed by atoms with van der Waals surface area (Å²) < 4.78 is 1.88. The summed E-state index contributed by atoms with van der Waals surface area (Å²) in [5.74, 6) is 0.738. The molecule has 4 nitrogen and oxygen atoms in total. The minimum absolute atomic E-state index is 0.229. The normalized spacial score (nSPS) is 12.6. The fourth-order valence-electron chi connectivity index (χ4n) is 1.30. The van der Waals surface area contributed by atoms with Crippen molar-refractivity contribution < 1.29 is 5.11 Å². The summed E-state index contributed by atoms with van der Waals surface area (Å²) in [6.45, 7) is 0. The van der Waals surface area contributed by atoms with Crippen LogP contribution >= 0.6 is 23.4 Å². The molecule has 0 aliphatic rings. The number of thioether (sulfide) groups is 1. The van der Waals surface area contributed by atoms with Crippen LogP contribution in [0.4, 0.5) is 0 Å². The van der Waals surface area contributed by atoms with Gasteiger partial charge in [-0.05, 0) is 12.1 Å². The maximum Gasteiger partial charge on any atom is 0.195 e. The Kier molecular flexibility index (Phi) is 4.42. The molecule has 0 radical (unpaired) electrons. The van der Waals surface area contributed by atoms with E-state index in [1.807, 2.05) is 34.9 Å². The Morgan fingerprint density at radius 2 is 2.12 bits per heavy atom. The van der Waals surface area contributed by atoms with Crippen molar-refractivity contribution in [2.24, 2.45) is 0 Å². The number of hydrogen-bond donors (Lipinski definition) is 1. The molecule has 1 heterocycles. The van der Waals surface area contributed by atoms with E-state index in [1.165, 1.54) is 11.8 Å². The van der Waals surface area contributed by atoms with Crippen LogP contribution in [-0.2, 0) is 0 Å². The smallest absolute Gasteiger partial charge is 0.195 e. The number of aliphatic hydroxyl groups excluding tert-OH is 1. The molecule has 6 heteroatoms. The van der Waals surface area contributed by atoms with Gasteiger partial charge < -0.3 is 5.11 Å². The lowest BCUT2D eigenvalue weighted by atomic mass is 10.3. The van der Waals surface area contributed by atoms with Crippen molar-refractivity contribution >= 4 is 23.4 Å². The third kappa shape index (κ3) is 3.21. The van der Waals surface area contributed by atoms with Crippen molar-refractivity contribution in [3.8, 4) is 5.69 Å². The zero-order chi connectivity index (χ0) is 12.1. The molecule has 90 valence electrons. The standard InChI is InChI=1S/C11H12ClN3OS/c12-6-10(16)7-17-11-14-13-8-15(11)9-4-2-1-3-5-9/h1-5,8,10,16H,6-7H2. The first-order chi connectivity index (χ1) is 8.31. The first kappa shape index (κ1) is 12.4. The van der Waals surface area contributed by atoms with Crippen molar-refractivity contribution in [3.05, 3.63) is 36.7 Å². The van der Waals surface area contributed by atoms with Crippen LogP contribution in [0.1, 0.15) is 0 Å².